The number of piperazine rings is 1. The molecule has 0 aliphatic carbocycles. The fraction of sp³-hybridized carbons (Fsp3) is 0.625. The molecular weight excluding hydrogens is 234 g/mol. The van der Waals surface area contributed by atoms with Crippen LogP contribution in [0.4, 0.5) is 5.69 Å². The maximum atomic E-state index is 3.58. The van der Waals surface area contributed by atoms with Crippen LogP contribution >= 0.6 is 0 Å². The molecule has 1 atom stereocenters. The minimum Gasteiger partial charge on any atom is -0.360 e. The molecule has 1 N–H and O–H groups in total. The van der Waals surface area contributed by atoms with E-state index < -0.39 is 0 Å². The molecule has 106 valence electrons. The van der Waals surface area contributed by atoms with E-state index in [2.05, 4.69) is 74.2 Å². The number of anilines is 1. The van der Waals surface area contributed by atoms with Crippen LogP contribution in [0.3, 0.4) is 0 Å². The first-order valence-corrected chi connectivity index (χ1v) is 7.11. The number of rotatable bonds is 3. The van der Waals surface area contributed by atoms with Gasteiger partial charge in [0.05, 0.1) is 6.04 Å². The third-order valence-corrected chi connectivity index (χ3v) is 3.81. The number of nitrogens with one attached hydrogen (secondary N) is 1. The Balaban J connectivity index is 2.33. The van der Waals surface area contributed by atoms with Crippen molar-refractivity contribution in [2.24, 2.45) is 0 Å². The highest BCUT2D eigenvalue weighted by Gasteiger charge is 2.36. The Morgan fingerprint density at radius 3 is 2.74 bits per heavy atom. The van der Waals surface area contributed by atoms with Crippen molar-refractivity contribution >= 4 is 5.69 Å². The first-order valence-electron chi connectivity index (χ1n) is 7.11. The second-order valence-corrected chi connectivity index (χ2v) is 6.57. The second kappa shape index (κ2) is 5.51. The maximum absolute atomic E-state index is 3.58. The number of aryl methyl sites for hydroxylation is 1. The Morgan fingerprint density at radius 2 is 2.11 bits per heavy atom. The lowest BCUT2D eigenvalue weighted by Crippen LogP contribution is -2.65. The van der Waals surface area contributed by atoms with E-state index in [1.54, 1.807) is 0 Å². The molecular formula is C16H27N3. The molecule has 1 aliphatic heterocycles. The normalized spacial score (nSPS) is 22.8. The van der Waals surface area contributed by atoms with Gasteiger partial charge < -0.3 is 15.1 Å². The number of hydrogen-bond acceptors (Lipinski definition) is 3. The van der Waals surface area contributed by atoms with Gasteiger partial charge in [0.25, 0.3) is 0 Å². The molecule has 2 rings (SSSR count). The molecule has 0 radical (unpaired) electrons. The van der Waals surface area contributed by atoms with Crippen LogP contribution in [-0.4, -0.2) is 50.2 Å². The van der Waals surface area contributed by atoms with E-state index in [1.807, 2.05) is 0 Å². The SMILES string of the molecule is Cc1cccc(N2C(CN(C)C)CNCC2(C)C)c1. The van der Waals surface area contributed by atoms with E-state index in [-0.39, 0.29) is 5.54 Å². The third-order valence-electron chi connectivity index (χ3n) is 3.81. The van der Waals surface area contributed by atoms with Crippen LogP contribution in [0.2, 0.25) is 0 Å². The first kappa shape index (κ1) is 14.4. The number of benzene rings is 1. The summed E-state index contributed by atoms with van der Waals surface area (Å²) in [6.45, 7) is 9.97. The van der Waals surface area contributed by atoms with Gasteiger partial charge >= 0.3 is 0 Å². The van der Waals surface area contributed by atoms with Crippen molar-refractivity contribution in [2.45, 2.75) is 32.4 Å². The lowest BCUT2D eigenvalue weighted by atomic mass is 9.94. The van der Waals surface area contributed by atoms with Crippen molar-refractivity contribution in [2.75, 3.05) is 38.6 Å². The van der Waals surface area contributed by atoms with Gasteiger partial charge in [-0.1, -0.05) is 12.1 Å². The molecule has 0 amide bonds. The van der Waals surface area contributed by atoms with E-state index in [9.17, 15) is 0 Å². The van der Waals surface area contributed by atoms with Crippen molar-refractivity contribution in [3.05, 3.63) is 29.8 Å². The zero-order valence-corrected chi connectivity index (χ0v) is 12.9. The summed E-state index contributed by atoms with van der Waals surface area (Å²) >= 11 is 0. The molecule has 1 aromatic carbocycles. The van der Waals surface area contributed by atoms with E-state index in [0.29, 0.717) is 6.04 Å². The summed E-state index contributed by atoms with van der Waals surface area (Å²) in [5.41, 5.74) is 2.82. The minimum absolute atomic E-state index is 0.146. The highest BCUT2D eigenvalue weighted by Crippen LogP contribution is 2.29. The molecule has 1 unspecified atom stereocenters. The molecule has 1 saturated heterocycles. The Hall–Kier alpha value is -1.06. The summed E-state index contributed by atoms with van der Waals surface area (Å²) in [6.07, 6.45) is 0. The van der Waals surface area contributed by atoms with Crippen LogP contribution < -0.4 is 10.2 Å². The topological polar surface area (TPSA) is 18.5 Å². The summed E-state index contributed by atoms with van der Waals surface area (Å²) in [5, 5.41) is 3.58. The molecule has 1 fully saturated rings. The lowest BCUT2D eigenvalue weighted by molar-refractivity contribution is 0.271. The number of nitrogens with zero attached hydrogens (tertiary/aromatic N) is 2. The first-order chi connectivity index (χ1) is 8.90. The van der Waals surface area contributed by atoms with Crippen LogP contribution in [-0.2, 0) is 0 Å². The van der Waals surface area contributed by atoms with Gasteiger partial charge in [-0.2, -0.15) is 0 Å². The largest absolute Gasteiger partial charge is 0.360 e. The molecule has 0 bridgehead atoms. The van der Waals surface area contributed by atoms with Crippen LogP contribution in [0.1, 0.15) is 19.4 Å². The van der Waals surface area contributed by atoms with Gasteiger partial charge in [0.1, 0.15) is 0 Å². The average molecular weight is 261 g/mol. The smallest absolute Gasteiger partial charge is 0.0547 e. The van der Waals surface area contributed by atoms with Crippen molar-refractivity contribution in [3.8, 4) is 0 Å². The lowest BCUT2D eigenvalue weighted by Gasteiger charge is -2.50. The van der Waals surface area contributed by atoms with E-state index in [4.69, 9.17) is 0 Å². The molecule has 0 aromatic heterocycles. The molecule has 0 spiro atoms. The summed E-state index contributed by atoms with van der Waals surface area (Å²) in [4.78, 5) is 4.87. The van der Waals surface area contributed by atoms with Gasteiger partial charge in [-0.15, -0.1) is 0 Å². The highest BCUT2D eigenvalue weighted by molar-refractivity contribution is 5.52. The fourth-order valence-corrected chi connectivity index (χ4v) is 3.12. The third kappa shape index (κ3) is 3.28. The van der Waals surface area contributed by atoms with Crippen molar-refractivity contribution in [1.82, 2.24) is 10.2 Å². The zero-order valence-electron chi connectivity index (χ0n) is 12.9. The van der Waals surface area contributed by atoms with Crippen LogP contribution in [0.25, 0.3) is 0 Å². The monoisotopic (exact) mass is 261 g/mol. The Labute approximate surface area is 117 Å². The van der Waals surface area contributed by atoms with E-state index in [1.165, 1.54) is 11.3 Å². The van der Waals surface area contributed by atoms with Crippen LogP contribution in [0.15, 0.2) is 24.3 Å². The Bertz CT molecular complexity index is 426. The second-order valence-electron chi connectivity index (χ2n) is 6.57. The zero-order chi connectivity index (χ0) is 14.0. The number of likely N-dealkylation sites (N-methyl/N-ethyl adjacent to an activating group) is 1. The van der Waals surface area contributed by atoms with Crippen molar-refractivity contribution in [1.29, 1.82) is 0 Å². The predicted octanol–water partition coefficient (Wildman–Crippen LogP) is 2.11. The Morgan fingerprint density at radius 1 is 1.37 bits per heavy atom. The van der Waals surface area contributed by atoms with Gasteiger partial charge in [-0.25, -0.2) is 0 Å². The van der Waals surface area contributed by atoms with Crippen LogP contribution in [0, 0.1) is 6.92 Å². The van der Waals surface area contributed by atoms with Gasteiger partial charge in [-0.3, -0.25) is 0 Å². The van der Waals surface area contributed by atoms with Crippen molar-refractivity contribution < 1.29 is 0 Å². The van der Waals surface area contributed by atoms with Crippen LogP contribution in [0.5, 0.6) is 0 Å². The molecule has 19 heavy (non-hydrogen) atoms. The highest BCUT2D eigenvalue weighted by atomic mass is 15.3. The van der Waals surface area contributed by atoms with Gasteiger partial charge in [0.15, 0.2) is 0 Å². The minimum atomic E-state index is 0.146. The molecule has 1 heterocycles. The standard InChI is InChI=1S/C16H27N3/c1-13-7-6-8-14(9-13)19-15(11-18(4)5)10-17-12-16(19,2)3/h6-9,15,17H,10-12H2,1-5H3. The molecule has 0 saturated carbocycles. The summed E-state index contributed by atoms with van der Waals surface area (Å²) < 4.78 is 0. The van der Waals surface area contributed by atoms with Gasteiger partial charge in [0.2, 0.25) is 0 Å². The van der Waals surface area contributed by atoms with E-state index in [0.717, 1.165) is 19.6 Å². The predicted molar refractivity (Wildman–Crippen MR) is 82.9 cm³/mol. The summed E-state index contributed by atoms with van der Waals surface area (Å²) in [5.74, 6) is 0. The quantitative estimate of drug-likeness (QED) is 0.899. The maximum Gasteiger partial charge on any atom is 0.0547 e. The van der Waals surface area contributed by atoms with Gasteiger partial charge in [0, 0.05) is 30.9 Å². The Kier molecular flexibility index (Phi) is 4.16. The van der Waals surface area contributed by atoms with Gasteiger partial charge in [-0.05, 0) is 52.6 Å². The molecule has 1 aliphatic rings. The molecule has 3 heteroatoms. The fourth-order valence-electron chi connectivity index (χ4n) is 3.12. The summed E-state index contributed by atoms with van der Waals surface area (Å²) in [6, 6.07) is 9.38. The van der Waals surface area contributed by atoms with E-state index >= 15 is 0 Å². The van der Waals surface area contributed by atoms with Crippen molar-refractivity contribution in [3.63, 3.8) is 0 Å². The molecule has 3 nitrogen and oxygen atoms in total. The molecule has 1 aromatic rings. The number of hydrogen-bond donors (Lipinski definition) is 1. The summed E-state index contributed by atoms with van der Waals surface area (Å²) in [7, 11) is 4.30. The average Bonchev–Trinajstić information content (AvgIpc) is 2.26.